The number of carbonyl (C=O) groups excluding carboxylic acids is 7. The molecule has 4 saturated carbocycles. The lowest BCUT2D eigenvalue weighted by atomic mass is 9.41. The molecule has 0 aromatic heterocycles. The lowest BCUT2D eigenvalue weighted by Crippen LogP contribution is -2.62. The quantitative estimate of drug-likeness (QED) is 0.0429. The number of carboxylic acids is 3. The summed E-state index contributed by atoms with van der Waals surface area (Å²) in [6, 6.07) is 5.90. The third-order valence-electron chi connectivity index (χ3n) is 17.0. The molecule has 0 unspecified atom stereocenters. The van der Waals surface area contributed by atoms with Crippen molar-refractivity contribution in [1.82, 2.24) is 16.0 Å². The fourth-order valence-corrected chi connectivity index (χ4v) is 13.1. The highest BCUT2D eigenvalue weighted by Crippen LogP contribution is 2.70. The summed E-state index contributed by atoms with van der Waals surface area (Å²) >= 11 is 0. The van der Waals surface area contributed by atoms with Gasteiger partial charge in [0.15, 0.2) is 5.78 Å². The first kappa shape index (κ1) is 59.9. The van der Waals surface area contributed by atoms with Crippen LogP contribution in [0.2, 0.25) is 0 Å². The molecule has 0 spiro atoms. The number of benzene rings is 1. The monoisotopic (exact) mass is 1050 g/mol. The van der Waals surface area contributed by atoms with E-state index >= 15 is 0 Å². The number of carboxylic acid groups (broad SMARTS) is 3. The van der Waals surface area contributed by atoms with Crippen LogP contribution < -0.4 is 33.2 Å². The first-order valence-electron chi connectivity index (χ1n) is 26.3. The van der Waals surface area contributed by atoms with E-state index < -0.39 is 102 Å². The van der Waals surface area contributed by atoms with Gasteiger partial charge in [-0.15, -0.1) is 0 Å². The minimum atomic E-state index is -1.17. The summed E-state index contributed by atoms with van der Waals surface area (Å²) in [5.41, 5.74) is 17.5. The molecule has 0 saturated heterocycles. The van der Waals surface area contributed by atoms with Crippen molar-refractivity contribution in [3.63, 3.8) is 0 Å². The molecule has 4 aliphatic carbocycles. The van der Waals surface area contributed by atoms with Crippen LogP contribution in [0.3, 0.4) is 0 Å². The number of hydrogen-bond acceptors (Lipinski definition) is 16. The van der Waals surface area contributed by atoms with Gasteiger partial charge in [0.25, 0.3) is 0 Å². The van der Waals surface area contributed by atoms with Crippen LogP contribution in [0.5, 0.6) is 0 Å². The third-order valence-corrected chi connectivity index (χ3v) is 17.0. The Hall–Kier alpha value is -6.00. The molecule has 1 aromatic carbocycles. The van der Waals surface area contributed by atoms with Crippen LogP contribution in [0.4, 0.5) is 0 Å². The standard InChI is InChI=1S/C53H78N6O16/c1-29(9-18-45(67)73-28-30-7-5-4-6-8-30)35-10-11-36-48-31(22-33(60)25-57-49(70)38(54)12-15-42(61)62)21-32-23-34(74-46(68)26-58-50(71)39(55)13-16-43(63)64)19-20-52(32,2)37(48)24-41(53(35,36)3)75-47(69)27-59-51(72)40(56)14-17-44(65)66/h4-8,29,31-32,34-41,48H,9-28,54-56H2,1-3H3,(H,57,70)(H,58,71)(H,59,72)(H,61,62)(H,63,64)(H,65,66)/t29-,31+,32-,34-,35-,36+,37+,38+,39+,40+,41+,48+,52+,53-/m1/s1. The van der Waals surface area contributed by atoms with Crippen LogP contribution in [0, 0.1) is 52.3 Å². The number of aliphatic carboxylic acids is 3. The molecule has 22 nitrogen and oxygen atoms in total. The van der Waals surface area contributed by atoms with Crippen LogP contribution in [0.1, 0.15) is 129 Å². The zero-order chi connectivity index (χ0) is 55.2. The topological polar surface area (TPSA) is 373 Å². The zero-order valence-electron chi connectivity index (χ0n) is 43.3. The Morgan fingerprint density at radius 1 is 0.640 bits per heavy atom. The Labute approximate surface area is 437 Å². The number of ether oxygens (including phenoxy) is 3. The van der Waals surface area contributed by atoms with E-state index in [0.717, 1.165) is 12.0 Å². The van der Waals surface area contributed by atoms with Gasteiger partial charge in [-0.1, -0.05) is 51.1 Å². The number of nitrogens with two attached hydrogens (primary N) is 3. The molecular weight excluding hydrogens is 977 g/mol. The summed E-state index contributed by atoms with van der Waals surface area (Å²) in [5, 5.41) is 34.7. The van der Waals surface area contributed by atoms with Gasteiger partial charge >= 0.3 is 35.8 Å². The molecule has 0 bridgehead atoms. The second-order valence-corrected chi connectivity index (χ2v) is 21.8. The van der Waals surface area contributed by atoms with Gasteiger partial charge in [-0.05, 0) is 123 Å². The van der Waals surface area contributed by atoms with Crippen LogP contribution in [0.25, 0.3) is 0 Å². The van der Waals surface area contributed by atoms with Crippen molar-refractivity contribution in [1.29, 1.82) is 0 Å². The van der Waals surface area contributed by atoms with E-state index in [1.54, 1.807) is 0 Å². The van der Waals surface area contributed by atoms with E-state index in [1.807, 2.05) is 30.3 Å². The molecule has 4 fully saturated rings. The van der Waals surface area contributed by atoms with Crippen LogP contribution >= 0.6 is 0 Å². The summed E-state index contributed by atoms with van der Waals surface area (Å²) in [6.45, 7) is 5.18. The van der Waals surface area contributed by atoms with Gasteiger partial charge in [0, 0.05) is 37.5 Å². The van der Waals surface area contributed by atoms with Crippen LogP contribution in [-0.2, 0) is 68.8 Å². The maximum atomic E-state index is 14.1. The second-order valence-electron chi connectivity index (χ2n) is 21.8. The highest BCUT2D eigenvalue weighted by molar-refractivity contribution is 5.89. The number of Topliss-reactive ketones (excluding diaryl/α,β-unsaturated/α-hetero) is 1. The largest absolute Gasteiger partial charge is 0.481 e. The predicted octanol–water partition coefficient (Wildman–Crippen LogP) is 2.35. The van der Waals surface area contributed by atoms with Gasteiger partial charge in [-0.3, -0.25) is 47.9 Å². The number of carbonyl (C=O) groups is 10. The molecule has 0 radical (unpaired) electrons. The van der Waals surface area contributed by atoms with Gasteiger partial charge in [0.2, 0.25) is 17.7 Å². The summed E-state index contributed by atoms with van der Waals surface area (Å²) < 4.78 is 18.1. The van der Waals surface area contributed by atoms with Crippen molar-refractivity contribution in [2.45, 2.75) is 160 Å². The van der Waals surface area contributed by atoms with Gasteiger partial charge < -0.3 is 62.7 Å². The SMILES string of the molecule is C[C@H](CCC(=O)OCc1ccccc1)[C@H]1CC[C@H]2[C@@H]3[C@H](CC(=O)CNC(=O)[C@@H](N)CCC(=O)O)C[C@@H]4C[C@H](OC(=O)CNC(=O)[C@@H](N)CCC(=O)O)CC[C@]4(C)[C@H]3C[C@H](OC(=O)CNC(=O)[C@@H](N)CCC(=O)O)[C@]12C. The lowest BCUT2D eigenvalue weighted by molar-refractivity contribution is -0.210. The van der Waals surface area contributed by atoms with Crippen molar-refractivity contribution in [3.05, 3.63) is 35.9 Å². The highest BCUT2D eigenvalue weighted by atomic mass is 16.6. The third kappa shape index (κ3) is 16.3. The van der Waals surface area contributed by atoms with Crippen molar-refractivity contribution in [2.75, 3.05) is 19.6 Å². The van der Waals surface area contributed by atoms with Gasteiger partial charge in [-0.2, -0.15) is 0 Å². The van der Waals surface area contributed by atoms with E-state index in [4.69, 9.17) is 46.7 Å². The molecule has 22 heteroatoms. The second kappa shape index (κ2) is 27.2. The normalized spacial score (nSPS) is 28.2. The van der Waals surface area contributed by atoms with Gasteiger partial charge in [0.05, 0.1) is 24.7 Å². The minimum Gasteiger partial charge on any atom is -0.481 e. The number of ketones is 1. The van der Waals surface area contributed by atoms with E-state index in [1.165, 1.54) is 0 Å². The Morgan fingerprint density at radius 3 is 1.72 bits per heavy atom. The summed E-state index contributed by atoms with van der Waals surface area (Å²) in [7, 11) is 0. The lowest BCUT2D eigenvalue weighted by Gasteiger charge is -2.65. The first-order valence-corrected chi connectivity index (χ1v) is 26.3. The fraction of sp³-hybridized carbons (Fsp3) is 0.698. The van der Waals surface area contributed by atoms with Gasteiger partial charge in [0.1, 0.15) is 31.9 Å². The highest BCUT2D eigenvalue weighted by Gasteiger charge is 2.67. The number of rotatable bonds is 28. The maximum Gasteiger partial charge on any atom is 0.325 e. The fourth-order valence-electron chi connectivity index (χ4n) is 13.1. The average Bonchev–Trinajstić information content (AvgIpc) is 3.73. The Bertz CT molecular complexity index is 2230. The van der Waals surface area contributed by atoms with Crippen molar-refractivity contribution in [3.8, 4) is 0 Å². The number of esters is 3. The Kier molecular flexibility index (Phi) is 21.7. The van der Waals surface area contributed by atoms with E-state index in [2.05, 4.69) is 36.7 Å². The average molecular weight is 1060 g/mol. The first-order chi connectivity index (χ1) is 35.4. The number of hydrogen-bond donors (Lipinski definition) is 9. The minimum absolute atomic E-state index is 0.0584. The van der Waals surface area contributed by atoms with E-state index in [-0.39, 0.29) is 118 Å². The molecule has 14 atom stereocenters. The number of fused-ring (bicyclic) bond motifs is 5. The Morgan fingerprint density at radius 2 is 1.17 bits per heavy atom. The van der Waals surface area contributed by atoms with Gasteiger partial charge in [-0.25, -0.2) is 0 Å². The molecule has 4 aliphatic rings. The summed E-state index contributed by atoms with van der Waals surface area (Å²) in [5.74, 6) is -8.29. The maximum absolute atomic E-state index is 14.1. The number of nitrogens with one attached hydrogen (secondary N) is 3. The molecule has 3 amide bonds. The molecule has 416 valence electrons. The molecular formula is C53H78N6O16. The van der Waals surface area contributed by atoms with E-state index in [0.29, 0.717) is 44.9 Å². The van der Waals surface area contributed by atoms with Crippen molar-refractivity contribution in [2.24, 2.45) is 69.5 Å². The van der Waals surface area contributed by atoms with Crippen LogP contribution in [0.15, 0.2) is 30.3 Å². The zero-order valence-corrected chi connectivity index (χ0v) is 43.3. The van der Waals surface area contributed by atoms with Crippen molar-refractivity contribution >= 4 is 59.3 Å². The molecule has 5 rings (SSSR count). The van der Waals surface area contributed by atoms with E-state index in [9.17, 15) is 47.9 Å². The molecule has 12 N–H and O–H groups in total. The molecule has 0 heterocycles. The Balaban J connectivity index is 1.41. The molecule has 1 aromatic rings. The predicted molar refractivity (Wildman–Crippen MR) is 267 cm³/mol. The van der Waals surface area contributed by atoms with Crippen LogP contribution in [-0.4, -0.2) is 125 Å². The summed E-state index contributed by atoms with van der Waals surface area (Å²) in [4.78, 5) is 126. The molecule has 75 heavy (non-hydrogen) atoms. The van der Waals surface area contributed by atoms with Crippen molar-refractivity contribution < 1.29 is 77.5 Å². The molecule has 0 aliphatic heterocycles. The smallest absolute Gasteiger partial charge is 0.325 e. The number of amides is 3. The summed E-state index contributed by atoms with van der Waals surface area (Å²) in [6.07, 6.45) is 1.90.